The molecule has 0 aliphatic heterocycles. The zero-order chi connectivity index (χ0) is 12.1. The van der Waals surface area contributed by atoms with E-state index in [1.54, 1.807) is 4.68 Å². The molecule has 0 aromatic carbocycles. The molecule has 1 heterocycles. The number of aryl methyl sites for hydroxylation is 1. The van der Waals surface area contributed by atoms with Gasteiger partial charge in [-0.1, -0.05) is 37.3 Å². The van der Waals surface area contributed by atoms with E-state index in [9.17, 15) is 4.79 Å². The van der Waals surface area contributed by atoms with Gasteiger partial charge in [0.25, 0.3) is 0 Å². The number of nitrogens with zero attached hydrogens (tertiary/aromatic N) is 3. The van der Waals surface area contributed by atoms with E-state index in [2.05, 4.69) is 10.3 Å². The molecule has 0 N–H and O–H groups in total. The van der Waals surface area contributed by atoms with Crippen LogP contribution in [-0.2, 0) is 18.3 Å². The molecule has 0 spiro atoms. The standard InChI is InChI=1S/C13H21N3O/c1-16-10-12(14-15-16)9-13(17)11-7-5-3-2-4-6-8-11/h10-11H,2-9H2,1H3. The molecule has 0 unspecified atom stereocenters. The molecular formula is C13H21N3O. The van der Waals surface area contributed by atoms with Crippen molar-refractivity contribution in [2.75, 3.05) is 0 Å². The summed E-state index contributed by atoms with van der Waals surface area (Å²) in [5.74, 6) is 0.615. The van der Waals surface area contributed by atoms with Crippen LogP contribution < -0.4 is 0 Å². The molecule has 0 atom stereocenters. The van der Waals surface area contributed by atoms with Gasteiger partial charge >= 0.3 is 0 Å². The van der Waals surface area contributed by atoms with Crippen LogP contribution in [0, 0.1) is 5.92 Å². The van der Waals surface area contributed by atoms with E-state index in [0.29, 0.717) is 12.2 Å². The summed E-state index contributed by atoms with van der Waals surface area (Å²) in [6.45, 7) is 0. The Labute approximate surface area is 102 Å². The highest BCUT2D eigenvalue weighted by molar-refractivity contribution is 5.82. The van der Waals surface area contributed by atoms with E-state index in [1.165, 1.54) is 32.1 Å². The van der Waals surface area contributed by atoms with Crippen molar-refractivity contribution in [1.82, 2.24) is 15.0 Å². The number of rotatable bonds is 3. The smallest absolute Gasteiger partial charge is 0.142 e. The fourth-order valence-electron chi connectivity index (χ4n) is 2.58. The van der Waals surface area contributed by atoms with Crippen LogP contribution in [0.25, 0.3) is 0 Å². The first-order valence-electron chi connectivity index (χ1n) is 6.63. The molecule has 0 amide bonds. The molecule has 4 heteroatoms. The summed E-state index contributed by atoms with van der Waals surface area (Å²) in [6, 6.07) is 0. The van der Waals surface area contributed by atoms with Crippen LogP contribution in [0.5, 0.6) is 0 Å². The Kier molecular flexibility index (Phi) is 4.29. The predicted octanol–water partition coefficient (Wildman–Crippen LogP) is 2.29. The highest BCUT2D eigenvalue weighted by atomic mass is 16.1. The summed E-state index contributed by atoms with van der Waals surface area (Å²) < 4.78 is 1.65. The van der Waals surface area contributed by atoms with Crippen molar-refractivity contribution >= 4 is 5.78 Å². The lowest BCUT2D eigenvalue weighted by molar-refractivity contribution is -0.122. The highest BCUT2D eigenvalue weighted by Crippen LogP contribution is 2.23. The summed E-state index contributed by atoms with van der Waals surface area (Å²) in [5.41, 5.74) is 0.805. The van der Waals surface area contributed by atoms with Gasteiger partial charge in [0.1, 0.15) is 5.78 Å². The molecule has 1 aromatic heterocycles. The van der Waals surface area contributed by atoms with Gasteiger partial charge in [0.2, 0.25) is 0 Å². The molecule has 1 aromatic rings. The van der Waals surface area contributed by atoms with E-state index in [1.807, 2.05) is 13.2 Å². The minimum atomic E-state index is 0.261. The minimum Gasteiger partial charge on any atom is -0.299 e. The Morgan fingerprint density at radius 2 is 1.94 bits per heavy atom. The monoisotopic (exact) mass is 235 g/mol. The van der Waals surface area contributed by atoms with Crippen molar-refractivity contribution < 1.29 is 4.79 Å². The molecule has 1 saturated carbocycles. The SMILES string of the molecule is Cn1cc(CC(=O)C2CCCCCCC2)nn1. The van der Waals surface area contributed by atoms with Crippen molar-refractivity contribution in [1.29, 1.82) is 0 Å². The Hall–Kier alpha value is -1.19. The van der Waals surface area contributed by atoms with Crippen LogP contribution in [-0.4, -0.2) is 20.8 Å². The van der Waals surface area contributed by atoms with Gasteiger partial charge in [-0.2, -0.15) is 0 Å². The van der Waals surface area contributed by atoms with Crippen LogP contribution >= 0.6 is 0 Å². The zero-order valence-electron chi connectivity index (χ0n) is 10.6. The lowest BCUT2D eigenvalue weighted by Gasteiger charge is -2.17. The zero-order valence-corrected chi connectivity index (χ0v) is 10.6. The first-order valence-corrected chi connectivity index (χ1v) is 6.63. The summed E-state index contributed by atoms with van der Waals surface area (Å²) in [7, 11) is 1.83. The molecule has 4 nitrogen and oxygen atoms in total. The molecule has 94 valence electrons. The molecule has 1 aliphatic rings. The van der Waals surface area contributed by atoms with Gasteiger partial charge in [-0.05, 0) is 12.8 Å². The molecule has 2 rings (SSSR count). The Morgan fingerprint density at radius 3 is 2.53 bits per heavy atom. The van der Waals surface area contributed by atoms with Gasteiger partial charge in [0.05, 0.1) is 12.1 Å². The molecular weight excluding hydrogens is 214 g/mol. The first-order chi connectivity index (χ1) is 8.25. The number of Topliss-reactive ketones (excluding diaryl/α,β-unsaturated/α-hetero) is 1. The summed E-state index contributed by atoms with van der Waals surface area (Å²) in [5, 5.41) is 7.85. The summed E-state index contributed by atoms with van der Waals surface area (Å²) >= 11 is 0. The number of ketones is 1. The van der Waals surface area contributed by atoms with Gasteiger partial charge in [-0.25, -0.2) is 0 Å². The van der Waals surface area contributed by atoms with E-state index in [4.69, 9.17) is 0 Å². The average Bonchev–Trinajstić information content (AvgIpc) is 2.63. The summed E-state index contributed by atoms with van der Waals surface area (Å²) in [4.78, 5) is 12.2. The largest absolute Gasteiger partial charge is 0.299 e. The Balaban J connectivity index is 1.89. The second kappa shape index (κ2) is 5.94. The number of carbonyl (C=O) groups is 1. The molecule has 0 radical (unpaired) electrons. The van der Waals surface area contributed by atoms with Crippen molar-refractivity contribution in [3.63, 3.8) is 0 Å². The number of hydrogen-bond donors (Lipinski definition) is 0. The maximum Gasteiger partial charge on any atom is 0.142 e. The summed E-state index contributed by atoms with van der Waals surface area (Å²) in [6.07, 6.45) is 10.8. The highest BCUT2D eigenvalue weighted by Gasteiger charge is 2.20. The number of carbonyl (C=O) groups excluding carboxylic acids is 1. The average molecular weight is 235 g/mol. The van der Waals surface area contributed by atoms with Gasteiger partial charge in [0.15, 0.2) is 0 Å². The third-order valence-electron chi connectivity index (χ3n) is 3.57. The van der Waals surface area contributed by atoms with Crippen LogP contribution in [0.1, 0.15) is 50.6 Å². The van der Waals surface area contributed by atoms with Gasteiger partial charge in [-0.3, -0.25) is 9.48 Å². The lowest BCUT2D eigenvalue weighted by atomic mass is 9.87. The maximum atomic E-state index is 12.2. The van der Waals surface area contributed by atoms with Gasteiger partial charge in [0, 0.05) is 19.2 Å². The van der Waals surface area contributed by atoms with Crippen molar-refractivity contribution in [2.45, 2.75) is 51.4 Å². The second-order valence-corrected chi connectivity index (χ2v) is 5.07. The maximum absolute atomic E-state index is 12.2. The molecule has 17 heavy (non-hydrogen) atoms. The molecule has 1 fully saturated rings. The number of aromatic nitrogens is 3. The topological polar surface area (TPSA) is 47.8 Å². The Morgan fingerprint density at radius 1 is 1.29 bits per heavy atom. The number of hydrogen-bond acceptors (Lipinski definition) is 3. The fourth-order valence-corrected chi connectivity index (χ4v) is 2.58. The quantitative estimate of drug-likeness (QED) is 0.807. The van der Waals surface area contributed by atoms with Crippen molar-refractivity contribution in [2.24, 2.45) is 13.0 Å². The third-order valence-corrected chi connectivity index (χ3v) is 3.57. The van der Waals surface area contributed by atoms with E-state index >= 15 is 0 Å². The van der Waals surface area contributed by atoms with Crippen LogP contribution in [0.2, 0.25) is 0 Å². The van der Waals surface area contributed by atoms with Crippen LogP contribution in [0.4, 0.5) is 0 Å². The predicted molar refractivity (Wildman–Crippen MR) is 65.5 cm³/mol. The first kappa shape index (κ1) is 12.3. The van der Waals surface area contributed by atoms with Crippen molar-refractivity contribution in [3.8, 4) is 0 Å². The molecule has 0 saturated heterocycles. The molecule has 1 aliphatic carbocycles. The normalized spacial score (nSPS) is 18.6. The van der Waals surface area contributed by atoms with Gasteiger partial charge in [-0.15, -0.1) is 5.10 Å². The van der Waals surface area contributed by atoms with Gasteiger partial charge < -0.3 is 0 Å². The fraction of sp³-hybridized carbons (Fsp3) is 0.769. The van der Waals surface area contributed by atoms with E-state index in [-0.39, 0.29) is 5.92 Å². The second-order valence-electron chi connectivity index (χ2n) is 5.07. The van der Waals surface area contributed by atoms with E-state index < -0.39 is 0 Å². The lowest BCUT2D eigenvalue weighted by Crippen LogP contribution is -2.18. The van der Waals surface area contributed by atoms with Crippen molar-refractivity contribution in [3.05, 3.63) is 11.9 Å². The van der Waals surface area contributed by atoms with E-state index in [0.717, 1.165) is 18.5 Å². The minimum absolute atomic E-state index is 0.261. The third kappa shape index (κ3) is 3.65. The van der Waals surface area contributed by atoms with Crippen LogP contribution in [0.3, 0.4) is 0 Å². The van der Waals surface area contributed by atoms with Crippen LogP contribution in [0.15, 0.2) is 6.20 Å². The Bertz CT molecular complexity index is 364. The molecule has 0 bridgehead atoms.